The molecular formula is C25H25FN2O2. The van der Waals surface area contributed by atoms with Gasteiger partial charge in [0.2, 0.25) is 0 Å². The molecule has 0 aromatic heterocycles. The van der Waals surface area contributed by atoms with Gasteiger partial charge in [0.1, 0.15) is 18.2 Å². The molecule has 0 amide bonds. The van der Waals surface area contributed by atoms with Crippen LogP contribution in [0.5, 0.6) is 5.75 Å². The number of nitrogens with zero attached hydrogens (tertiary/aromatic N) is 1. The number of benzene rings is 3. The number of aryl methyl sites for hydroxylation is 1. The van der Waals surface area contributed by atoms with Crippen LogP contribution in [-0.2, 0) is 6.61 Å². The SMILES string of the molecule is Cc1ccc(Nc2ccc(OCc3ccccc3)c(C(=O)C=CN(C)C)c2)c(F)c1. The molecule has 0 aliphatic heterocycles. The van der Waals surface area contributed by atoms with Gasteiger partial charge in [-0.05, 0) is 48.4 Å². The number of ether oxygens (including phenoxy) is 1. The van der Waals surface area contributed by atoms with Gasteiger partial charge in [0.05, 0.1) is 11.3 Å². The van der Waals surface area contributed by atoms with Gasteiger partial charge in [-0.3, -0.25) is 4.79 Å². The van der Waals surface area contributed by atoms with Crippen molar-refractivity contribution >= 4 is 17.2 Å². The first-order valence-electron chi connectivity index (χ1n) is 9.65. The summed E-state index contributed by atoms with van der Waals surface area (Å²) in [6.45, 7) is 2.18. The van der Waals surface area contributed by atoms with Crippen LogP contribution >= 0.6 is 0 Å². The number of anilines is 2. The van der Waals surface area contributed by atoms with Gasteiger partial charge >= 0.3 is 0 Å². The highest BCUT2D eigenvalue weighted by Gasteiger charge is 2.13. The van der Waals surface area contributed by atoms with Gasteiger partial charge in [-0.1, -0.05) is 36.4 Å². The Kier molecular flexibility index (Phi) is 6.86. The van der Waals surface area contributed by atoms with Gasteiger partial charge in [-0.2, -0.15) is 0 Å². The minimum atomic E-state index is -0.347. The van der Waals surface area contributed by atoms with Crippen LogP contribution in [0, 0.1) is 12.7 Å². The molecule has 0 saturated heterocycles. The molecule has 0 unspecified atom stereocenters. The summed E-state index contributed by atoms with van der Waals surface area (Å²) in [6.07, 6.45) is 3.17. The Labute approximate surface area is 176 Å². The number of nitrogens with one attached hydrogen (secondary N) is 1. The summed E-state index contributed by atoms with van der Waals surface area (Å²) in [5.41, 5.74) is 3.20. The molecule has 4 nitrogen and oxygen atoms in total. The molecule has 0 spiro atoms. The fourth-order valence-corrected chi connectivity index (χ4v) is 2.85. The largest absolute Gasteiger partial charge is 0.488 e. The van der Waals surface area contributed by atoms with Crippen molar-refractivity contribution in [3.63, 3.8) is 0 Å². The second-order valence-corrected chi connectivity index (χ2v) is 7.24. The van der Waals surface area contributed by atoms with Gasteiger partial charge in [0, 0.05) is 32.1 Å². The second-order valence-electron chi connectivity index (χ2n) is 7.24. The van der Waals surface area contributed by atoms with E-state index in [1.807, 2.05) is 57.4 Å². The molecule has 5 heteroatoms. The van der Waals surface area contributed by atoms with Crippen molar-refractivity contribution < 1.29 is 13.9 Å². The average Bonchev–Trinajstić information content (AvgIpc) is 2.73. The summed E-state index contributed by atoms with van der Waals surface area (Å²) in [6, 6.07) is 19.9. The molecule has 0 heterocycles. The van der Waals surface area contributed by atoms with E-state index in [0.29, 0.717) is 29.3 Å². The summed E-state index contributed by atoms with van der Waals surface area (Å²) in [7, 11) is 3.68. The Balaban J connectivity index is 1.88. The number of halogens is 1. The van der Waals surface area contributed by atoms with E-state index in [4.69, 9.17) is 4.74 Å². The molecule has 0 fully saturated rings. The number of carbonyl (C=O) groups excluding carboxylic acids is 1. The van der Waals surface area contributed by atoms with Gasteiger partial charge in [0.15, 0.2) is 5.78 Å². The zero-order valence-electron chi connectivity index (χ0n) is 17.4. The number of hydrogen-bond acceptors (Lipinski definition) is 4. The van der Waals surface area contributed by atoms with E-state index in [2.05, 4.69) is 5.32 Å². The molecule has 0 atom stereocenters. The Bertz CT molecular complexity index is 1050. The molecule has 3 rings (SSSR count). The minimum Gasteiger partial charge on any atom is -0.488 e. The summed E-state index contributed by atoms with van der Waals surface area (Å²) < 4.78 is 20.1. The molecule has 30 heavy (non-hydrogen) atoms. The predicted octanol–water partition coefficient (Wildman–Crippen LogP) is 5.71. The Hall–Kier alpha value is -3.60. The summed E-state index contributed by atoms with van der Waals surface area (Å²) in [4.78, 5) is 14.6. The third kappa shape index (κ3) is 5.70. The molecule has 154 valence electrons. The molecule has 0 aliphatic carbocycles. The number of ketones is 1. The third-order valence-electron chi connectivity index (χ3n) is 4.41. The quantitative estimate of drug-likeness (QED) is 0.385. The van der Waals surface area contributed by atoms with Crippen LogP contribution in [0.1, 0.15) is 21.5 Å². The molecule has 3 aromatic carbocycles. The van der Waals surface area contributed by atoms with Crippen LogP contribution in [0.3, 0.4) is 0 Å². The summed E-state index contributed by atoms with van der Waals surface area (Å²) in [5.74, 6) is -0.0678. The first-order chi connectivity index (χ1) is 14.4. The Morgan fingerprint density at radius 2 is 1.83 bits per heavy atom. The first-order valence-corrected chi connectivity index (χ1v) is 9.65. The van der Waals surface area contributed by atoms with E-state index in [-0.39, 0.29) is 11.6 Å². The first kappa shape index (κ1) is 21.1. The number of allylic oxidation sites excluding steroid dienone is 1. The maximum Gasteiger partial charge on any atom is 0.191 e. The second kappa shape index (κ2) is 9.74. The standard InChI is InChI=1S/C25H25FN2O2/c1-18-9-11-23(22(26)15-18)27-20-10-12-25(30-17-19-7-5-4-6-8-19)21(16-20)24(29)13-14-28(2)3/h4-16,27H,17H2,1-3H3. The van der Waals surface area contributed by atoms with Crippen LogP contribution < -0.4 is 10.1 Å². The summed E-state index contributed by atoms with van der Waals surface area (Å²) in [5, 5.41) is 3.04. The fourth-order valence-electron chi connectivity index (χ4n) is 2.85. The monoisotopic (exact) mass is 404 g/mol. The molecule has 3 aromatic rings. The van der Waals surface area contributed by atoms with Crippen LogP contribution in [0.15, 0.2) is 79.0 Å². The maximum atomic E-state index is 14.2. The zero-order chi connectivity index (χ0) is 21.5. The van der Waals surface area contributed by atoms with Gasteiger partial charge < -0.3 is 15.0 Å². The Morgan fingerprint density at radius 3 is 2.53 bits per heavy atom. The lowest BCUT2D eigenvalue weighted by atomic mass is 10.1. The lowest BCUT2D eigenvalue weighted by Crippen LogP contribution is -2.06. The maximum absolute atomic E-state index is 14.2. The summed E-state index contributed by atoms with van der Waals surface area (Å²) >= 11 is 0. The average molecular weight is 404 g/mol. The van der Waals surface area contributed by atoms with Crippen molar-refractivity contribution in [2.75, 3.05) is 19.4 Å². The lowest BCUT2D eigenvalue weighted by molar-refractivity contribution is 0.104. The van der Waals surface area contributed by atoms with Gasteiger partial charge in [-0.25, -0.2) is 4.39 Å². The highest BCUT2D eigenvalue weighted by Crippen LogP contribution is 2.28. The normalized spacial score (nSPS) is 10.8. The number of carbonyl (C=O) groups is 1. The van der Waals surface area contributed by atoms with Crippen molar-refractivity contribution in [2.24, 2.45) is 0 Å². The fraction of sp³-hybridized carbons (Fsp3) is 0.160. The number of hydrogen-bond donors (Lipinski definition) is 1. The van der Waals surface area contributed by atoms with Crippen LogP contribution in [0.25, 0.3) is 0 Å². The molecule has 1 N–H and O–H groups in total. The zero-order valence-corrected chi connectivity index (χ0v) is 17.4. The molecule has 0 saturated carbocycles. The van der Waals surface area contributed by atoms with E-state index in [9.17, 15) is 9.18 Å². The van der Waals surface area contributed by atoms with Gasteiger partial charge in [0.25, 0.3) is 0 Å². The highest BCUT2D eigenvalue weighted by atomic mass is 19.1. The van der Waals surface area contributed by atoms with Crippen LogP contribution in [0.2, 0.25) is 0 Å². The van der Waals surface area contributed by atoms with Crippen molar-refractivity contribution in [3.8, 4) is 5.75 Å². The van der Waals surface area contributed by atoms with Crippen molar-refractivity contribution in [3.05, 3.63) is 102 Å². The van der Waals surface area contributed by atoms with Crippen molar-refractivity contribution in [1.29, 1.82) is 0 Å². The third-order valence-corrected chi connectivity index (χ3v) is 4.41. The smallest absolute Gasteiger partial charge is 0.191 e. The lowest BCUT2D eigenvalue weighted by Gasteiger charge is -2.14. The van der Waals surface area contributed by atoms with Crippen molar-refractivity contribution in [1.82, 2.24) is 4.90 Å². The molecular weight excluding hydrogens is 379 g/mol. The van der Waals surface area contributed by atoms with E-state index in [1.165, 1.54) is 12.1 Å². The number of rotatable bonds is 8. The molecule has 0 bridgehead atoms. The minimum absolute atomic E-state index is 0.195. The highest BCUT2D eigenvalue weighted by molar-refractivity contribution is 6.07. The van der Waals surface area contributed by atoms with E-state index in [1.54, 1.807) is 35.4 Å². The van der Waals surface area contributed by atoms with Gasteiger partial charge in [-0.15, -0.1) is 0 Å². The molecule has 0 aliphatic rings. The van der Waals surface area contributed by atoms with Crippen LogP contribution in [0.4, 0.5) is 15.8 Å². The van der Waals surface area contributed by atoms with Crippen LogP contribution in [-0.4, -0.2) is 24.8 Å². The van der Waals surface area contributed by atoms with Crippen molar-refractivity contribution in [2.45, 2.75) is 13.5 Å². The van der Waals surface area contributed by atoms with E-state index in [0.717, 1.165) is 11.1 Å². The Morgan fingerprint density at radius 1 is 1.07 bits per heavy atom. The predicted molar refractivity (Wildman–Crippen MR) is 119 cm³/mol. The molecule has 0 radical (unpaired) electrons. The van der Waals surface area contributed by atoms with E-state index >= 15 is 0 Å². The topological polar surface area (TPSA) is 41.6 Å². The van der Waals surface area contributed by atoms with E-state index < -0.39 is 0 Å².